The van der Waals surface area contributed by atoms with Crippen molar-refractivity contribution in [2.45, 2.75) is 31.3 Å². The van der Waals surface area contributed by atoms with Crippen molar-refractivity contribution in [1.29, 1.82) is 0 Å². The first-order chi connectivity index (χ1) is 18.2. The number of methoxy groups -OCH3 is 1. The third kappa shape index (κ3) is 5.14. The molecule has 10 heteroatoms. The highest BCUT2D eigenvalue weighted by Crippen LogP contribution is 2.49. The highest BCUT2D eigenvalue weighted by Gasteiger charge is 2.51. The third-order valence-corrected chi connectivity index (χ3v) is 9.21. The molecular weight excluding hydrogens is 565 g/mol. The van der Waals surface area contributed by atoms with Crippen molar-refractivity contribution in [3.63, 3.8) is 0 Å². The van der Waals surface area contributed by atoms with Gasteiger partial charge >= 0.3 is 12.1 Å². The Labute approximate surface area is 237 Å². The highest BCUT2D eigenvalue weighted by atomic mass is 35.5. The summed E-state index contributed by atoms with van der Waals surface area (Å²) in [6.07, 6.45) is 0.192. The molecule has 5 rings (SSSR count). The lowest BCUT2D eigenvalue weighted by Crippen LogP contribution is -2.19. The number of thiophene rings is 2. The summed E-state index contributed by atoms with van der Waals surface area (Å²) >= 11 is 15.3. The number of rotatable bonds is 8. The summed E-state index contributed by atoms with van der Waals surface area (Å²) in [6.45, 7) is 1.76. The van der Waals surface area contributed by atoms with Crippen molar-refractivity contribution in [2.24, 2.45) is 0 Å². The number of ether oxygens (including phenoxy) is 2. The maximum atomic E-state index is 12.7. The largest absolute Gasteiger partial charge is 0.496 e. The number of aliphatic carboxylic acids is 1. The number of hydrogen-bond donors (Lipinski definition) is 2. The minimum Gasteiger partial charge on any atom is -0.496 e. The van der Waals surface area contributed by atoms with Gasteiger partial charge in [0.2, 0.25) is 0 Å². The van der Waals surface area contributed by atoms with Crippen LogP contribution in [0.2, 0.25) is 9.36 Å². The maximum absolute atomic E-state index is 12.7. The zero-order chi connectivity index (χ0) is 27.0. The predicted molar refractivity (Wildman–Crippen MR) is 153 cm³/mol. The van der Waals surface area contributed by atoms with E-state index in [1.165, 1.54) is 22.7 Å². The first-order valence-electron chi connectivity index (χ1n) is 11.7. The van der Waals surface area contributed by atoms with Crippen molar-refractivity contribution >= 4 is 63.6 Å². The van der Waals surface area contributed by atoms with Crippen LogP contribution in [0.15, 0.2) is 59.3 Å². The molecule has 4 aromatic rings. The molecule has 2 N–H and O–H groups in total. The second-order valence-electron chi connectivity index (χ2n) is 9.02. The van der Waals surface area contributed by atoms with E-state index in [1.807, 2.05) is 47.8 Å². The summed E-state index contributed by atoms with van der Waals surface area (Å²) in [4.78, 5) is 25.1. The van der Waals surface area contributed by atoms with Crippen LogP contribution in [0.4, 0.5) is 10.5 Å². The van der Waals surface area contributed by atoms with Gasteiger partial charge in [0.05, 0.1) is 32.4 Å². The Kier molecular flexibility index (Phi) is 7.42. The Hall–Kier alpha value is -3.04. The van der Waals surface area contributed by atoms with Crippen LogP contribution in [0.5, 0.6) is 5.75 Å². The molecule has 2 heterocycles. The molecule has 1 atom stereocenters. The van der Waals surface area contributed by atoms with E-state index in [1.54, 1.807) is 25.5 Å². The number of carbonyl (C=O) groups is 2. The minimum absolute atomic E-state index is 0.510. The molecule has 0 aliphatic heterocycles. The number of halogens is 2. The number of anilines is 1. The minimum atomic E-state index is -0.778. The van der Waals surface area contributed by atoms with E-state index in [2.05, 4.69) is 5.32 Å². The standard InChI is InChI=1S/C28H23Cl2NO5S2/c1-15(20-13-37-14-21(20)29)36-27(34)31-22-12-24(30)38-25(22)17-5-8-19(23(11-17)35-2)16-3-6-18(7-4-16)28(9-10-28)26(32)33/h3-8,11-15H,9-10H2,1-2H3,(H,31,34)(H,32,33). The Morgan fingerprint density at radius 1 is 1.05 bits per heavy atom. The van der Waals surface area contributed by atoms with Gasteiger partial charge in [0.25, 0.3) is 0 Å². The normalized spacial score (nSPS) is 14.5. The molecule has 1 saturated carbocycles. The van der Waals surface area contributed by atoms with Crippen LogP contribution >= 0.6 is 45.9 Å². The molecular formula is C28H23Cl2NO5S2. The highest BCUT2D eigenvalue weighted by molar-refractivity contribution is 7.20. The van der Waals surface area contributed by atoms with Crippen LogP contribution in [-0.2, 0) is 14.9 Å². The molecule has 1 fully saturated rings. The Bertz CT molecular complexity index is 1510. The molecule has 0 radical (unpaired) electrons. The number of hydrogen-bond acceptors (Lipinski definition) is 6. The molecule has 1 aliphatic rings. The molecule has 2 aromatic carbocycles. The summed E-state index contributed by atoms with van der Waals surface area (Å²) in [5.74, 6) is -0.145. The fourth-order valence-electron chi connectivity index (χ4n) is 4.40. The lowest BCUT2D eigenvalue weighted by atomic mass is 9.93. The fourth-order valence-corrected chi connectivity index (χ4v) is 6.80. The van der Waals surface area contributed by atoms with Crippen LogP contribution in [0.1, 0.15) is 37.0 Å². The SMILES string of the molecule is COc1cc(-c2sc(Cl)cc2NC(=O)OC(C)c2cscc2Cl)ccc1-c1ccc(C2(C(=O)O)CC2)cc1. The second kappa shape index (κ2) is 10.6. The van der Waals surface area contributed by atoms with Crippen molar-refractivity contribution in [2.75, 3.05) is 12.4 Å². The molecule has 38 heavy (non-hydrogen) atoms. The molecule has 0 saturated heterocycles. The molecule has 1 amide bonds. The topological polar surface area (TPSA) is 84.9 Å². The third-order valence-electron chi connectivity index (χ3n) is 6.67. The zero-order valence-electron chi connectivity index (χ0n) is 20.4. The monoisotopic (exact) mass is 587 g/mol. The van der Waals surface area contributed by atoms with Crippen LogP contribution in [0.25, 0.3) is 21.6 Å². The smallest absolute Gasteiger partial charge is 0.412 e. The molecule has 1 unspecified atom stereocenters. The molecule has 0 bridgehead atoms. The van der Waals surface area contributed by atoms with E-state index in [4.69, 9.17) is 32.7 Å². The second-order valence-corrected chi connectivity index (χ2v) is 11.9. The maximum Gasteiger partial charge on any atom is 0.412 e. The molecule has 196 valence electrons. The quantitative estimate of drug-likeness (QED) is 0.215. The lowest BCUT2D eigenvalue weighted by Gasteiger charge is -2.15. The van der Waals surface area contributed by atoms with E-state index in [0.717, 1.165) is 32.7 Å². The summed E-state index contributed by atoms with van der Waals surface area (Å²) in [7, 11) is 1.59. The van der Waals surface area contributed by atoms with Gasteiger partial charge in [-0.1, -0.05) is 59.6 Å². The number of carbonyl (C=O) groups excluding carboxylic acids is 1. The van der Waals surface area contributed by atoms with Gasteiger partial charge in [-0.15, -0.1) is 11.3 Å². The number of carboxylic acid groups (broad SMARTS) is 1. The van der Waals surface area contributed by atoms with Gasteiger partial charge in [-0.25, -0.2) is 4.79 Å². The van der Waals surface area contributed by atoms with Crippen molar-refractivity contribution < 1.29 is 24.2 Å². The molecule has 1 aliphatic carbocycles. The number of nitrogens with one attached hydrogen (secondary N) is 1. The predicted octanol–water partition coefficient (Wildman–Crippen LogP) is 8.88. The van der Waals surface area contributed by atoms with Gasteiger partial charge in [-0.2, -0.15) is 11.3 Å². The van der Waals surface area contributed by atoms with E-state index >= 15 is 0 Å². The average molecular weight is 589 g/mol. The Morgan fingerprint density at radius 3 is 2.37 bits per heavy atom. The summed E-state index contributed by atoms with van der Waals surface area (Å²) < 4.78 is 11.7. The van der Waals surface area contributed by atoms with E-state index in [-0.39, 0.29) is 0 Å². The first kappa shape index (κ1) is 26.6. The number of benzene rings is 2. The summed E-state index contributed by atoms with van der Waals surface area (Å²) in [6, 6.07) is 15.0. The molecule has 0 spiro atoms. The van der Waals surface area contributed by atoms with Gasteiger partial charge in [-0.3, -0.25) is 10.1 Å². The van der Waals surface area contributed by atoms with Crippen molar-refractivity contribution in [3.05, 3.63) is 79.8 Å². The molecule has 2 aromatic heterocycles. The number of carboxylic acids is 1. The Balaban J connectivity index is 1.37. The van der Waals surface area contributed by atoms with Gasteiger partial charge < -0.3 is 14.6 Å². The van der Waals surface area contributed by atoms with Gasteiger partial charge in [0, 0.05) is 16.5 Å². The zero-order valence-corrected chi connectivity index (χ0v) is 23.6. The van der Waals surface area contributed by atoms with Gasteiger partial charge in [0.15, 0.2) is 0 Å². The van der Waals surface area contributed by atoms with Crippen LogP contribution in [0, 0.1) is 0 Å². The van der Waals surface area contributed by atoms with E-state index < -0.39 is 23.6 Å². The fraction of sp³-hybridized carbons (Fsp3) is 0.214. The number of amides is 1. The lowest BCUT2D eigenvalue weighted by molar-refractivity contribution is -0.140. The van der Waals surface area contributed by atoms with Crippen molar-refractivity contribution in [1.82, 2.24) is 0 Å². The van der Waals surface area contributed by atoms with Crippen LogP contribution in [0.3, 0.4) is 0 Å². The van der Waals surface area contributed by atoms with Gasteiger partial charge in [0.1, 0.15) is 11.9 Å². The molecule has 6 nitrogen and oxygen atoms in total. The van der Waals surface area contributed by atoms with Crippen molar-refractivity contribution in [3.8, 4) is 27.3 Å². The Morgan fingerprint density at radius 2 is 1.76 bits per heavy atom. The first-order valence-corrected chi connectivity index (χ1v) is 14.2. The summed E-state index contributed by atoms with van der Waals surface area (Å²) in [5, 5.41) is 16.6. The van der Waals surface area contributed by atoms with E-state index in [9.17, 15) is 14.7 Å². The average Bonchev–Trinajstić information content (AvgIpc) is 3.48. The van der Waals surface area contributed by atoms with Crippen LogP contribution < -0.4 is 10.1 Å². The van der Waals surface area contributed by atoms with E-state index in [0.29, 0.717) is 33.6 Å². The summed E-state index contributed by atoms with van der Waals surface area (Å²) in [5.41, 5.74) is 3.92. The van der Waals surface area contributed by atoms with Crippen LogP contribution in [-0.4, -0.2) is 24.3 Å². The van der Waals surface area contributed by atoms with Gasteiger partial charge in [-0.05, 0) is 54.0 Å².